The number of allylic oxidation sites excluding steroid dienone is 1. The number of pyridine rings is 1. The molecule has 0 radical (unpaired) electrons. The molecule has 1 aliphatic carbocycles. The number of hydrogen-bond donors (Lipinski definition) is 2. The van der Waals surface area contributed by atoms with Gasteiger partial charge in [-0.25, -0.2) is 0 Å². The third-order valence-corrected chi connectivity index (χ3v) is 9.89. The second kappa shape index (κ2) is 13.9. The van der Waals surface area contributed by atoms with Crippen LogP contribution in [0, 0.1) is 5.92 Å². The number of carbonyl (C=O) groups is 3. The molecule has 0 saturated carbocycles. The van der Waals surface area contributed by atoms with Crippen LogP contribution in [0.15, 0.2) is 75.5 Å². The lowest BCUT2D eigenvalue weighted by atomic mass is 9.69. The number of benzene rings is 2. The quantitative estimate of drug-likeness (QED) is 0.181. The Balaban J connectivity index is 1.32. The summed E-state index contributed by atoms with van der Waals surface area (Å²) >= 11 is 8.13. The van der Waals surface area contributed by atoms with Gasteiger partial charge in [-0.1, -0.05) is 41.9 Å². The minimum Gasteiger partial charge on any atom is -0.507 e. The number of thioether (sulfide) groups is 1. The highest BCUT2D eigenvalue weighted by atomic mass is 35.5. The lowest BCUT2D eigenvalue weighted by molar-refractivity contribution is -0.121. The van der Waals surface area contributed by atoms with Crippen LogP contribution in [0.3, 0.4) is 0 Å². The minimum atomic E-state index is -1.98. The Labute approximate surface area is 291 Å². The number of fused-ring (bicyclic) bond motifs is 1. The first-order valence-electron chi connectivity index (χ1n) is 15.4. The maximum Gasteiger partial charge on any atom is 0.231 e. The number of Topliss-reactive ketones (excluding diaryl/α,β-unsaturated/α-hetero) is 2. The van der Waals surface area contributed by atoms with Crippen LogP contribution in [0.2, 0.25) is 5.02 Å². The molecule has 254 valence electrons. The number of rotatable bonds is 11. The summed E-state index contributed by atoms with van der Waals surface area (Å²) in [5.74, 6) is -2.69. The van der Waals surface area contributed by atoms with Crippen LogP contribution in [-0.4, -0.2) is 70.3 Å². The number of ether oxygens (including phenoxy) is 3. The summed E-state index contributed by atoms with van der Waals surface area (Å²) in [6.07, 6.45) is 3.46. The SMILES string of the molecule is COc1cc(OC)c2c(c1Cl)OC1(C2=O)C(O)=C(C(CC(=O)NCCc2nc(-c3ccccn3)no2)c2ccc(SC)cc2)C(=O)CC1C. The second-order valence-corrected chi connectivity index (χ2v) is 12.9. The summed E-state index contributed by atoms with van der Waals surface area (Å²) in [4.78, 5) is 51.1. The van der Waals surface area contributed by atoms with Gasteiger partial charge >= 0.3 is 0 Å². The molecule has 3 unspecified atom stereocenters. The van der Waals surface area contributed by atoms with E-state index in [1.807, 2.05) is 24.5 Å². The van der Waals surface area contributed by atoms with Crippen LogP contribution in [0.5, 0.6) is 17.2 Å². The van der Waals surface area contributed by atoms with Crippen molar-refractivity contribution in [2.75, 3.05) is 27.0 Å². The number of aliphatic hydroxyl groups excluding tert-OH is 1. The number of amides is 1. The molecule has 3 atom stereocenters. The van der Waals surface area contributed by atoms with Crippen molar-refractivity contribution < 1.29 is 38.2 Å². The highest BCUT2D eigenvalue weighted by Gasteiger charge is 2.61. The molecule has 2 aromatic heterocycles. The van der Waals surface area contributed by atoms with E-state index >= 15 is 0 Å². The van der Waals surface area contributed by atoms with Gasteiger partial charge in [0, 0.05) is 60.4 Å². The zero-order valence-corrected chi connectivity index (χ0v) is 28.7. The topological polar surface area (TPSA) is 163 Å². The third-order valence-electron chi connectivity index (χ3n) is 8.79. The molecule has 0 fully saturated rings. The molecule has 0 saturated heterocycles. The van der Waals surface area contributed by atoms with Crippen molar-refractivity contribution in [3.8, 4) is 28.8 Å². The predicted octanol–water partition coefficient (Wildman–Crippen LogP) is 5.79. The molecule has 12 nitrogen and oxygen atoms in total. The van der Waals surface area contributed by atoms with Crippen LogP contribution >= 0.6 is 23.4 Å². The van der Waals surface area contributed by atoms with E-state index in [2.05, 4.69) is 20.4 Å². The molecule has 0 bridgehead atoms. The van der Waals surface area contributed by atoms with E-state index in [-0.39, 0.29) is 59.2 Å². The van der Waals surface area contributed by atoms with Crippen LogP contribution in [-0.2, 0) is 16.0 Å². The van der Waals surface area contributed by atoms with Crippen LogP contribution in [0.1, 0.15) is 47.5 Å². The molecule has 1 aliphatic heterocycles. The van der Waals surface area contributed by atoms with Gasteiger partial charge in [-0.2, -0.15) is 4.98 Å². The first-order chi connectivity index (χ1) is 23.6. The zero-order valence-electron chi connectivity index (χ0n) is 27.1. The van der Waals surface area contributed by atoms with Crippen molar-refractivity contribution in [1.29, 1.82) is 0 Å². The Morgan fingerprint density at radius 3 is 2.59 bits per heavy atom. The molecule has 1 spiro atoms. The molecule has 49 heavy (non-hydrogen) atoms. The standard InChI is InChI=1S/C35H33ClN4O8S/c1-18-15-23(41)28(32(43)35(18)33(44)29-24(45-2)17-25(46-3)30(36)31(29)47-35)21(19-8-10-20(49-4)11-9-19)16-26(42)38-14-12-27-39-34(40-48-27)22-7-5-6-13-37-22/h5-11,13,17-18,21,43H,12,14-16H2,1-4H3,(H,38,42). The van der Waals surface area contributed by atoms with Gasteiger partial charge in [0.15, 0.2) is 17.3 Å². The number of hydrogen-bond acceptors (Lipinski definition) is 12. The molecule has 2 aliphatic rings. The maximum absolute atomic E-state index is 14.3. The number of aromatic nitrogens is 3. The van der Waals surface area contributed by atoms with E-state index in [9.17, 15) is 19.5 Å². The summed E-state index contributed by atoms with van der Waals surface area (Å²) in [7, 11) is 2.80. The maximum atomic E-state index is 14.3. The summed E-state index contributed by atoms with van der Waals surface area (Å²) in [5.41, 5.74) is -0.866. The molecule has 1 amide bonds. The summed E-state index contributed by atoms with van der Waals surface area (Å²) < 4.78 is 22.5. The van der Waals surface area contributed by atoms with E-state index in [1.54, 1.807) is 37.4 Å². The predicted molar refractivity (Wildman–Crippen MR) is 181 cm³/mol. The van der Waals surface area contributed by atoms with Crippen LogP contribution in [0.25, 0.3) is 11.5 Å². The van der Waals surface area contributed by atoms with Crippen molar-refractivity contribution in [2.24, 2.45) is 5.92 Å². The molecule has 14 heteroatoms. The van der Waals surface area contributed by atoms with Crippen LogP contribution < -0.4 is 19.5 Å². The van der Waals surface area contributed by atoms with E-state index < -0.39 is 40.7 Å². The van der Waals surface area contributed by atoms with Crippen molar-refractivity contribution in [1.82, 2.24) is 20.4 Å². The minimum absolute atomic E-state index is 0.0131. The highest BCUT2D eigenvalue weighted by Crippen LogP contribution is 2.55. The Bertz CT molecular complexity index is 1950. The Morgan fingerprint density at radius 1 is 1.16 bits per heavy atom. The van der Waals surface area contributed by atoms with E-state index in [0.717, 1.165) is 4.90 Å². The number of halogens is 1. The van der Waals surface area contributed by atoms with Gasteiger partial charge in [0.25, 0.3) is 0 Å². The Kier molecular flexibility index (Phi) is 9.66. The number of ketones is 2. The fourth-order valence-electron chi connectivity index (χ4n) is 6.28. The zero-order chi connectivity index (χ0) is 34.9. The number of aliphatic hydroxyl groups is 1. The Hall–Kier alpha value is -4.88. The lowest BCUT2D eigenvalue weighted by Gasteiger charge is -2.38. The molecular weight excluding hydrogens is 672 g/mol. The fourth-order valence-corrected chi connectivity index (χ4v) is 6.96. The van der Waals surface area contributed by atoms with Gasteiger partial charge in [-0.05, 0) is 36.1 Å². The average molecular weight is 705 g/mol. The molecular formula is C35H33ClN4O8S. The molecule has 2 aromatic carbocycles. The molecule has 2 N–H and O–H groups in total. The van der Waals surface area contributed by atoms with Crippen molar-refractivity contribution in [3.05, 3.63) is 88.1 Å². The highest BCUT2D eigenvalue weighted by molar-refractivity contribution is 7.98. The van der Waals surface area contributed by atoms with Crippen molar-refractivity contribution in [2.45, 2.75) is 42.6 Å². The van der Waals surface area contributed by atoms with Gasteiger partial charge in [0.2, 0.25) is 29.0 Å². The normalized spacial score (nSPS) is 19.1. The number of nitrogens with one attached hydrogen (secondary N) is 1. The Morgan fingerprint density at radius 2 is 1.92 bits per heavy atom. The average Bonchev–Trinajstić information content (AvgIpc) is 3.71. The molecule has 6 rings (SSSR count). The second-order valence-electron chi connectivity index (χ2n) is 11.6. The van der Waals surface area contributed by atoms with E-state index in [0.29, 0.717) is 23.0 Å². The smallest absolute Gasteiger partial charge is 0.231 e. The lowest BCUT2D eigenvalue weighted by Crippen LogP contribution is -2.53. The van der Waals surface area contributed by atoms with Gasteiger partial charge < -0.3 is 29.2 Å². The van der Waals surface area contributed by atoms with Crippen LogP contribution in [0.4, 0.5) is 0 Å². The van der Waals surface area contributed by atoms with Gasteiger partial charge in [-0.15, -0.1) is 11.8 Å². The number of methoxy groups -OCH3 is 2. The largest absolute Gasteiger partial charge is 0.507 e. The number of carbonyl (C=O) groups excluding carboxylic acids is 3. The summed E-state index contributed by atoms with van der Waals surface area (Å²) in [6.45, 7) is 1.82. The van der Waals surface area contributed by atoms with E-state index in [4.69, 9.17) is 30.3 Å². The third kappa shape index (κ3) is 6.12. The first-order valence-corrected chi connectivity index (χ1v) is 17.0. The first kappa shape index (κ1) is 34.0. The number of nitrogens with zero attached hydrogens (tertiary/aromatic N) is 3. The van der Waals surface area contributed by atoms with E-state index in [1.165, 1.54) is 32.0 Å². The van der Waals surface area contributed by atoms with Gasteiger partial charge in [-0.3, -0.25) is 19.4 Å². The van der Waals surface area contributed by atoms with Gasteiger partial charge in [0.05, 0.1) is 14.2 Å². The monoisotopic (exact) mass is 704 g/mol. The summed E-state index contributed by atoms with van der Waals surface area (Å²) in [6, 6.07) is 14.2. The molecule has 4 aromatic rings. The molecule has 3 heterocycles. The fraction of sp³-hybridized carbons (Fsp3) is 0.314. The van der Waals surface area contributed by atoms with Crippen molar-refractivity contribution in [3.63, 3.8) is 0 Å². The van der Waals surface area contributed by atoms with Crippen molar-refractivity contribution >= 4 is 40.8 Å². The summed E-state index contributed by atoms with van der Waals surface area (Å²) in [5, 5.41) is 18.9. The van der Waals surface area contributed by atoms with Gasteiger partial charge in [0.1, 0.15) is 27.8 Å².